The summed E-state index contributed by atoms with van der Waals surface area (Å²) in [6, 6.07) is 12.8. The molecule has 4 nitrogen and oxygen atoms in total. The van der Waals surface area contributed by atoms with Crippen LogP contribution in [-0.4, -0.2) is 18.4 Å². The van der Waals surface area contributed by atoms with Gasteiger partial charge in [-0.15, -0.1) is 0 Å². The Morgan fingerprint density at radius 2 is 1.73 bits per heavy atom. The highest BCUT2D eigenvalue weighted by molar-refractivity contribution is 6.13. The van der Waals surface area contributed by atoms with Crippen LogP contribution >= 0.6 is 0 Å². The number of nitrogens with one attached hydrogen (secondary N) is 2. The second-order valence-corrected chi connectivity index (χ2v) is 6.51. The number of aryl methyl sites for hydroxylation is 1. The third-order valence-electron chi connectivity index (χ3n) is 4.57. The van der Waals surface area contributed by atoms with Crippen molar-refractivity contribution in [3.8, 4) is 0 Å². The molecule has 1 fully saturated rings. The minimum Gasteiger partial charge on any atom is -0.355 e. The molecule has 1 aliphatic rings. The molecule has 6 heteroatoms. The van der Waals surface area contributed by atoms with Crippen LogP contribution in [0.25, 0.3) is 0 Å². The number of carbonyl (C=O) groups is 2. The van der Waals surface area contributed by atoms with Crippen molar-refractivity contribution in [2.75, 3.05) is 11.9 Å². The molecule has 0 saturated heterocycles. The summed E-state index contributed by atoms with van der Waals surface area (Å²) in [5, 5.41) is 5.19. The number of carbonyl (C=O) groups excluding carboxylic acids is 2. The largest absolute Gasteiger partial charge is 0.355 e. The SMILES string of the molecule is O=C(NCCCc1ccccc1)C1(C(=O)Nc2ccc(F)cc2F)CC1. The van der Waals surface area contributed by atoms with Crippen molar-refractivity contribution in [3.63, 3.8) is 0 Å². The molecule has 1 aliphatic carbocycles. The van der Waals surface area contributed by atoms with Gasteiger partial charge in [-0.25, -0.2) is 8.78 Å². The predicted octanol–water partition coefficient (Wildman–Crippen LogP) is 3.43. The Morgan fingerprint density at radius 1 is 1.00 bits per heavy atom. The van der Waals surface area contributed by atoms with E-state index >= 15 is 0 Å². The summed E-state index contributed by atoms with van der Waals surface area (Å²) in [6.45, 7) is 0.466. The maximum absolute atomic E-state index is 13.7. The monoisotopic (exact) mass is 358 g/mol. The maximum atomic E-state index is 13.7. The van der Waals surface area contributed by atoms with Crippen molar-refractivity contribution in [1.29, 1.82) is 0 Å². The Hall–Kier alpha value is -2.76. The Labute approximate surface area is 150 Å². The number of anilines is 1. The van der Waals surface area contributed by atoms with Crippen LogP contribution in [0, 0.1) is 17.0 Å². The molecular weight excluding hydrogens is 338 g/mol. The van der Waals surface area contributed by atoms with Gasteiger partial charge in [0.15, 0.2) is 0 Å². The van der Waals surface area contributed by atoms with Gasteiger partial charge in [0.25, 0.3) is 0 Å². The van der Waals surface area contributed by atoms with Gasteiger partial charge in [-0.2, -0.15) is 0 Å². The summed E-state index contributed by atoms with van der Waals surface area (Å²) in [4.78, 5) is 24.8. The molecule has 2 aromatic carbocycles. The molecule has 0 aromatic heterocycles. The second-order valence-electron chi connectivity index (χ2n) is 6.51. The lowest BCUT2D eigenvalue weighted by Gasteiger charge is -2.16. The molecule has 0 unspecified atom stereocenters. The Kier molecular flexibility index (Phi) is 5.30. The van der Waals surface area contributed by atoms with Crippen LogP contribution < -0.4 is 10.6 Å². The molecule has 0 aliphatic heterocycles. The van der Waals surface area contributed by atoms with Gasteiger partial charge in [-0.1, -0.05) is 30.3 Å². The second kappa shape index (κ2) is 7.64. The molecule has 26 heavy (non-hydrogen) atoms. The molecule has 0 atom stereocenters. The topological polar surface area (TPSA) is 58.2 Å². The lowest BCUT2D eigenvalue weighted by atomic mass is 10.0. The van der Waals surface area contributed by atoms with E-state index in [1.165, 1.54) is 5.56 Å². The number of hydrogen-bond donors (Lipinski definition) is 2. The standard InChI is InChI=1S/C20H20F2N2O2/c21-15-8-9-17(16(22)13-15)24-19(26)20(10-11-20)18(25)23-12-4-7-14-5-2-1-3-6-14/h1-3,5-6,8-9,13H,4,7,10-12H2,(H,23,25)(H,24,26). The molecule has 0 radical (unpaired) electrons. The summed E-state index contributed by atoms with van der Waals surface area (Å²) in [7, 11) is 0. The summed E-state index contributed by atoms with van der Waals surface area (Å²) >= 11 is 0. The first kappa shape index (κ1) is 18.0. The van der Waals surface area contributed by atoms with Gasteiger partial charge in [0.2, 0.25) is 11.8 Å². The van der Waals surface area contributed by atoms with Crippen LogP contribution in [0.15, 0.2) is 48.5 Å². The Balaban J connectivity index is 1.51. The highest BCUT2D eigenvalue weighted by atomic mass is 19.1. The molecule has 2 amide bonds. The van der Waals surface area contributed by atoms with E-state index in [9.17, 15) is 18.4 Å². The number of benzene rings is 2. The van der Waals surface area contributed by atoms with Crippen molar-refractivity contribution in [2.45, 2.75) is 25.7 Å². The van der Waals surface area contributed by atoms with E-state index < -0.39 is 23.0 Å². The third-order valence-corrected chi connectivity index (χ3v) is 4.57. The number of halogens is 2. The fourth-order valence-corrected chi connectivity index (χ4v) is 2.82. The normalized spacial score (nSPS) is 14.5. The minimum absolute atomic E-state index is 0.125. The zero-order valence-electron chi connectivity index (χ0n) is 14.2. The molecule has 2 aromatic rings. The van der Waals surface area contributed by atoms with Gasteiger partial charge >= 0.3 is 0 Å². The fourth-order valence-electron chi connectivity index (χ4n) is 2.82. The number of amides is 2. The van der Waals surface area contributed by atoms with Gasteiger partial charge in [-0.3, -0.25) is 9.59 Å². The summed E-state index contributed by atoms with van der Waals surface area (Å²) in [5.74, 6) is -2.48. The van der Waals surface area contributed by atoms with Crippen molar-refractivity contribution >= 4 is 17.5 Å². The number of hydrogen-bond acceptors (Lipinski definition) is 2. The summed E-state index contributed by atoms with van der Waals surface area (Å²) in [5.41, 5.74) is -0.0833. The van der Waals surface area contributed by atoms with Gasteiger partial charge < -0.3 is 10.6 Å². The van der Waals surface area contributed by atoms with E-state index in [4.69, 9.17) is 0 Å². The van der Waals surface area contributed by atoms with E-state index in [2.05, 4.69) is 10.6 Å². The van der Waals surface area contributed by atoms with E-state index in [0.29, 0.717) is 25.5 Å². The molecule has 136 valence electrons. The molecule has 0 spiro atoms. The Morgan fingerprint density at radius 3 is 2.38 bits per heavy atom. The lowest BCUT2D eigenvalue weighted by molar-refractivity contribution is -0.134. The van der Waals surface area contributed by atoms with Crippen LogP contribution in [0.5, 0.6) is 0 Å². The predicted molar refractivity (Wildman–Crippen MR) is 94.4 cm³/mol. The van der Waals surface area contributed by atoms with Crippen LogP contribution in [0.1, 0.15) is 24.8 Å². The first-order chi connectivity index (χ1) is 12.5. The van der Waals surface area contributed by atoms with Crippen molar-refractivity contribution in [1.82, 2.24) is 5.32 Å². The van der Waals surface area contributed by atoms with Gasteiger partial charge in [-0.05, 0) is 43.4 Å². The van der Waals surface area contributed by atoms with Crippen molar-refractivity contribution in [3.05, 3.63) is 65.7 Å². The highest BCUT2D eigenvalue weighted by Crippen LogP contribution is 2.47. The van der Waals surface area contributed by atoms with E-state index in [1.807, 2.05) is 30.3 Å². The number of rotatable bonds is 7. The molecular formula is C20H20F2N2O2. The highest BCUT2D eigenvalue weighted by Gasteiger charge is 2.56. The maximum Gasteiger partial charge on any atom is 0.240 e. The molecule has 0 heterocycles. The zero-order valence-corrected chi connectivity index (χ0v) is 14.2. The quantitative estimate of drug-likeness (QED) is 0.588. The first-order valence-electron chi connectivity index (χ1n) is 8.60. The molecule has 2 N–H and O–H groups in total. The van der Waals surface area contributed by atoms with Gasteiger partial charge in [0.1, 0.15) is 17.0 Å². The van der Waals surface area contributed by atoms with E-state index in [0.717, 1.165) is 25.0 Å². The summed E-state index contributed by atoms with van der Waals surface area (Å²) in [6.07, 6.45) is 2.44. The smallest absolute Gasteiger partial charge is 0.240 e. The third kappa shape index (κ3) is 4.07. The van der Waals surface area contributed by atoms with Crippen LogP contribution in [0.2, 0.25) is 0 Å². The zero-order chi connectivity index (χ0) is 18.6. The van der Waals surface area contributed by atoms with Crippen molar-refractivity contribution < 1.29 is 18.4 Å². The van der Waals surface area contributed by atoms with Crippen LogP contribution in [0.4, 0.5) is 14.5 Å². The lowest BCUT2D eigenvalue weighted by Crippen LogP contribution is -2.40. The average Bonchev–Trinajstić information content (AvgIpc) is 3.44. The molecule has 3 rings (SSSR count). The fraction of sp³-hybridized carbons (Fsp3) is 0.300. The van der Waals surface area contributed by atoms with Crippen LogP contribution in [0.3, 0.4) is 0 Å². The minimum atomic E-state index is -1.15. The summed E-state index contributed by atoms with van der Waals surface area (Å²) < 4.78 is 26.6. The first-order valence-corrected chi connectivity index (χ1v) is 8.60. The van der Waals surface area contributed by atoms with Crippen molar-refractivity contribution in [2.24, 2.45) is 5.41 Å². The van der Waals surface area contributed by atoms with Gasteiger partial charge in [0, 0.05) is 12.6 Å². The molecule has 0 bridgehead atoms. The van der Waals surface area contributed by atoms with Crippen LogP contribution in [-0.2, 0) is 16.0 Å². The van der Waals surface area contributed by atoms with E-state index in [-0.39, 0.29) is 11.6 Å². The molecule has 1 saturated carbocycles. The average molecular weight is 358 g/mol. The van der Waals surface area contributed by atoms with Gasteiger partial charge in [0.05, 0.1) is 5.69 Å². The Bertz CT molecular complexity index is 805. The van der Waals surface area contributed by atoms with E-state index in [1.54, 1.807) is 0 Å².